The van der Waals surface area contributed by atoms with Gasteiger partial charge in [-0.3, -0.25) is 4.79 Å². The molecule has 0 fully saturated rings. The van der Waals surface area contributed by atoms with Crippen molar-refractivity contribution in [3.63, 3.8) is 0 Å². The third kappa shape index (κ3) is 6.76. The zero-order valence-electron chi connectivity index (χ0n) is 12.5. The third-order valence-corrected chi connectivity index (χ3v) is 3.01. The molecule has 2 unspecified atom stereocenters. The van der Waals surface area contributed by atoms with Crippen molar-refractivity contribution < 1.29 is 23.1 Å². The number of hydrogen-bond acceptors (Lipinski definition) is 2. The summed E-state index contributed by atoms with van der Waals surface area (Å²) in [4.78, 5) is 11.6. The summed E-state index contributed by atoms with van der Waals surface area (Å²) in [6.45, 7) is 3.96. The van der Waals surface area contributed by atoms with Gasteiger partial charge in [-0.25, -0.2) is 0 Å². The molecule has 0 saturated carbocycles. The molecular formula is C16H20F3NO2. The van der Waals surface area contributed by atoms with Gasteiger partial charge in [-0.05, 0) is 43.0 Å². The normalized spacial score (nSPS) is 14.8. The van der Waals surface area contributed by atoms with Crippen molar-refractivity contribution in [1.29, 1.82) is 0 Å². The van der Waals surface area contributed by atoms with Gasteiger partial charge >= 0.3 is 6.18 Å². The lowest BCUT2D eigenvalue weighted by Gasteiger charge is -2.13. The number of carbonyl (C=O) groups is 1. The Morgan fingerprint density at radius 2 is 2.05 bits per heavy atom. The Morgan fingerprint density at radius 1 is 1.36 bits per heavy atom. The molecule has 2 atom stereocenters. The maximum absolute atomic E-state index is 12.6. The molecule has 1 aromatic rings. The number of carbonyl (C=O) groups excluding carboxylic acids is 1. The van der Waals surface area contributed by atoms with Gasteiger partial charge in [0.15, 0.2) is 0 Å². The summed E-state index contributed by atoms with van der Waals surface area (Å²) in [6.07, 6.45) is -1.73. The van der Waals surface area contributed by atoms with Crippen LogP contribution in [0.4, 0.5) is 13.2 Å². The van der Waals surface area contributed by atoms with Crippen molar-refractivity contribution in [2.24, 2.45) is 5.92 Å². The number of aliphatic hydroxyl groups is 1. The fraction of sp³-hybridized carbons (Fsp3) is 0.438. The van der Waals surface area contributed by atoms with Crippen molar-refractivity contribution >= 4 is 12.0 Å². The number of nitrogens with one attached hydrogen (secondary N) is 1. The topological polar surface area (TPSA) is 49.3 Å². The predicted octanol–water partition coefficient (Wildman–Crippen LogP) is 3.24. The standard InChI is InChI=1S/C16H20F3NO2/c1-11(8-12(2)21)10-20-15(22)7-6-13-4-3-5-14(9-13)16(17,18)19/h3-7,9,11-12,21H,8,10H2,1-2H3,(H,20,22). The highest BCUT2D eigenvalue weighted by Gasteiger charge is 2.30. The Hall–Kier alpha value is -1.82. The molecule has 0 spiro atoms. The first-order valence-electron chi connectivity index (χ1n) is 6.99. The van der Waals surface area contributed by atoms with Crippen LogP contribution in [0, 0.1) is 5.92 Å². The predicted molar refractivity (Wildman–Crippen MR) is 78.9 cm³/mol. The molecule has 0 bridgehead atoms. The monoisotopic (exact) mass is 315 g/mol. The lowest BCUT2D eigenvalue weighted by molar-refractivity contribution is -0.137. The van der Waals surface area contributed by atoms with Gasteiger partial charge in [0.25, 0.3) is 0 Å². The van der Waals surface area contributed by atoms with E-state index in [9.17, 15) is 23.1 Å². The van der Waals surface area contributed by atoms with Gasteiger partial charge in [0.05, 0.1) is 11.7 Å². The lowest BCUT2D eigenvalue weighted by Crippen LogP contribution is -2.27. The fourth-order valence-corrected chi connectivity index (χ4v) is 1.99. The minimum absolute atomic E-state index is 0.117. The van der Waals surface area contributed by atoms with Crippen molar-refractivity contribution in [3.8, 4) is 0 Å². The summed E-state index contributed by atoms with van der Waals surface area (Å²) in [5, 5.41) is 11.9. The molecule has 122 valence electrons. The van der Waals surface area contributed by atoms with Crippen LogP contribution in [0.2, 0.25) is 0 Å². The number of benzene rings is 1. The molecule has 0 aromatic heterocycles. The Balaban J connectivity index is 2.56. The summed E-state index contributed by atoms with van der Waals surface area (Å²) in [6, 6.07) is 4.76. The highest BCUT2D eigenvalue weighted by atomic mass is 19.4. The molecule has 0 aliphatic rings. The van der Waals surface area contributed by atoms with Crippen LogP contribution < -0.4 is 5.32 Å². The van der Waals surface area contributed by atoms with Gasteiger partial charge in [-0.2, -0.15) is 13.2 Å². The molecule has 1 rings (SSSR count). The maximum atomic E-state index is 12.6. The van der Waals surface area contributed by atoms with Gasteiger partial charge in [-0.15, -0.1) is 0 Å². The van der Waals surface area contributed by atoms with Crippen molar-refractivity contribution in [3.05, 3.63) is 41.5 Å². The van der Waals surface area contributed by atoms with Crippen LogP contribution in [0.3, 0.4) is 0 Å². The Bertz CT molecular complexity index is 524. The number of alkyl halides is 3. The number of rotatable bonds is 6. The third-order valence-electron chi connectivity index (χ3n) is 3.01. The first-order chi connectivity index (χ1) is 10.2. The van der Waals surface area contributed by atoms with Crippen LogP contribution in [0.15, 0.2) is 30.3 Å². The van der Waals surface area contributed by atoms with E-state index in [2.05, 4.69) is 5.32 Å². The van der Waals surface area contributed by atoms with E-state index >= 15 is 0 Å². The second-order valence-electron chi connectivity index (χ2n) is 5.39. The average molecular weight is 315 g/mol. The average Bonchev–Trinajstić information content (AvgIpc) is 2.41. The molecule has 22 heavy (non-hydrogen) atoms. The maximum Gasteiger partial charge on any atom is 0.416 e. The Morgan fingerprint density at radius 3 is 2.64 bits per heavy atom. The summed E-state index contributed by atoms with van der Waals surface area (Å²) in [5.41, 5.74) is -0.442. The molecule has 0 saturated heterocycles. The summed E-state index contributed by atoms with van der Waals surface area (Å²) >= 11 is 0. The molecule has 3 nitrogen and oxygen atoms in total. The quantitative estimate of drug-likeness (QED) is 0.792. The number of aliphatic hydroxyl groups excluding tert-OH is 1. The minimum atomic E-state index is -4.40. The van der Waals surface area contributed by atoms with E-state index in [1.54, 1.807) is 6.92 Å². The fourth-order valence-electron chi connectivity index (χ4n) is 1.99. The van der Waals surface area contributed by atoms with Gasteiger partial charge in [0.1, 0.15) is 0 Å². The van der Waals surface area contributed by atoms with Gasteiger partial charge in [-0.1, -0.05) is 19.1 Å². The number of halogens is 3. The molecule has 1 amide bonds. The molecule has 1 aromatic carbocycles. The lowest BCUT2D eigenvalue weighted by atomic mass is 10.0. The van der Waals surface area contributed by atoms with Crippen molar-refractivity contribution in [1.82, 2.24) is 5.32 Å². The van der Waals surface area contributed by atoms with Crippen LogP contribution in [-0.2, 0) is 11.0 Å². The van der Waals surface area contributed by atoms with Gasteiger partial charge in [0, 0.05) is 12.6 Å². The van der Waals surface area contributed by atoms with E-state index in [-0.39, 0.29) is 11.8 Å². The zero-order chi connectivity index (χ0) is 16.8. The molecule has 0 heterocycles. The van der Waals surface area contributed by atoms with E-state index in [1.165, 1.54) is 24.3 Å². The van der Waals surface area contributed by atoms with Crippen LogP contribution in [-0.4, -0.2) is 23.7 Å². The Kier molecular flexibility index (Phi) is 6.61. The van der Waals surface area contributed by atoms with Crippen LogP contribution >= 0.6 is 0 Å². The zero-order valence-corrected chi connectivity index (χ0v) is 12.5. The largest absolute Gasteiger partial charge is 0.416 e. The number of hydrogen-bond donors (Lipinski definition) is 2. The van der Waals surface area contributed by atoms with Gasteiger partial charge in [0.2, 0.25) is 5.91 Å². The van der Waals surface area contributed by atoms with E-state index < -0.39 is 17.8 Å². The van der Waals surface area contributed by atoms with E-state index in [4.69, 9.17) is 0 Å². The highest BCUT2D eigenvalue weighted by molar-refractivity contribution is 5.91. The number of amides is 1. The smallest absolute Gasteiger partial charge is 0.393 e. The molecule has 0 aliphatic carbocycles. The molecule has 2 N–H and O–H groups in total. The van der Waals surface area contributed by atoms with Crippen molar-refractivity contribution in [2.75, 3.05) is 6.54 Å². The second kappa shape index (κ2) is 7.98. The molecular weight excluding hydrogens is 295 g/mol. The molecule has 0 radical (unpaired) electrons. The first-order valence-corrected chi connectivity index (χ1v) is 6.99. The highest BCUT2D eigenvalue weighted by Crippen LogP contribution is 2.29. The minimum Gasteiger partial charge on any atom is -0.393 e. The van der Waals surface area contributed by atoms with Gasteiger partial charge < -0.3 is 10.4 Å². The summed E-state index contributed by atoms with van der Waals surface area (Å²) in [7, 11) is 0. The van der Waals surface area contributed by atoms with Crippen molar-refractivity contribution in [2.45, 2.75) is 32.5 Å². The second-order valence-corrected chi connectivity index (χ2v) is 5.39. The Labute approximate surface area is 127 Å². The van der Waals surface area contributed by atoms with E-state index in [0.29, 0.717) is 18.5 Å². The van der Waals surface area contributed by atoms with E-state index in [0.717, 1.165) is 12.1 Å². The van der Waals surface area contributed by atoms with Crippen LogP contribution in [0.25, 0.3) is 6.08 Å². The van der Waals surface area contributed by atoms with E-state index in [1.807, 2.05) is 6.92 Å². The summed E-state index contributed by atoms with van der Waals surface area (Å²) in [5.74, 6) is -0.263. The van der Waals surface area contributed by atoms with Crippen LogP contribution in [0.5, 0.6) is 0 Å². The van der Waals surface area contributed by atoms with Crippen LogP contribution in [0.1, 0.15) is 31.4 Å². The molecule has 6 heteroatoms. The first kappa shape index (κ1) is 18.2. The molecule has 0 aliphatic heterocycles. The summed E-state index contributed by atoms with van der Waals surface area (Å²) < 4.78 is 37.7. The SMILES string of the molecule is CC(O)CC(C)CNC(=O)C=Cc1cccc(C(F)(F)F)c1.